The minimum atomic E-state index is -2.97. The van der Waals surface area contributed by atoms with Crippen molar-refractivity contribution in [2.24, 2.45) is 5.92 Å². The maximum Gasteiger partial charge on any atom is 0.594 e. The number of aliphatic carboxylic acids is 1. The third-order valence-corrected chi connectivity index (χ3v) is 6.47. The number of nitrogens with zero attached hydrogens (tertiary/aromatic N) is 1. The van der Waals surface area contributed by atoms with Gasteiger partial charge in [-0.2, -0.15) is 0 Å². The summed E-state index contributed by atoms with van der Waals surface area (Å²) in [5.74, 6) is -4.26. The van der Waals surface area contributed by atoms with Gasteiger partial charge in [0.2, 0.25) is 17.4 Å². The molecule has 2 saturated heterocycles. The first-order chi connectivity index (χ1) is 16.8. The number of hydrogen-bond acceptors (Lipinski definition) is 7. The van der Waals surface area contributed by atoms with E-state index in [0.717, 1.165) is 0 Å². The molecule has 0 spiro atoms. The second-order valence-corrected chi connectivity index (χ2v) is 10.4. The number of rotatable bonds is 9. The van der Waals surface area contributed by atoms with E-state index in [-0.39, 0.29) is 29.3 Å². The lowest BCUT2D eigenvalue weighted by Gasteiger charge is -2.43. The van der Waals surface area contributed by atoms with Crippen molar-refractivity contribution in [2.45, 2.75) is 44.7 Å². The Bertz CT molecular complexity index is 1100. The van der Waals surface area contributed by atoms with Crippen LogP contribution < -0.4 is 10.6 Å². The van der Waals surface area contributed by atoms with Gasteiger partial charge in [0.25, 0.3) is 11.9 Å². The standard InChI is InChI=1S/C22H28BCl2N3O8/c1-12(2)7-16(27-17(29)11-26-20(32)14-8-13(24)5-6-15(14)25)23-34-19(31)10-22(36-23,21(33)35-23)9-18(30)28(3)4/h5-6,8,12,16,35H,7,9-11H2,1-4H3,(H,26,32)(H,27,29)/t16-,22+,23?/m0/s1. The summed E-state index contributed by atoms with van der Waals surface area (Å²) in [7, 11) is 3.03. The highest BCUT2D eigenvalue weighted by Gasteiger charge is 2.70. The van der Waals surface area contributed by atoms with Crippen molar-refractivity contribution in [1.29, 1.82) is 0 Å². The zero-order chi connectivity index (χ0) is 26.8. The molecule has 11 nitrogen and oxygen atoms in total. The van der Waals surface area contributed by atoms with E-state index in [2.05, 4.69) is 15.3 Å². The SMILES string of the molecule is CC(C)C[C@H](NC(=O)CNC(=O)c1cc(Cl)ccc1Cl)[B-]12OC(=O)C[C@@](CC(=O)N(C)C)(O1)C(=O)[OH+]2. The number of hydrogen-bond donors (Lipinski definition) is 2. The summed E-state index contributed by atoms with van der Waals surface area (Å²) in [5, 5.41) is 5.58. The van der Waals surface area contributed by atoms with Gasteiger partial charge in [-0.1, -0.05) is 43.5 Å². The van der Waals surface area contributed by atoms with Gasteiger partial charge in [0.15, 0.2) is 0 Å². The molecule has 2 fully saturated rings. The third kappa shape index (κ3) is 5.93. The number of nitrogens with one attached hydrogen (secondary N) is 2. The molecule has 2 aliphatic rings. The molecule has 0 radical (unpaired) electrons. The van der Waals surface area contributed by atoms with Gasteiger partial charge in [-0.25, -0.2) is 0 Å². The number of fused-ring (bicyclic) bond motifs is 2. The minimum absolute atomic E-state index is 0.0284. The molecule has 0 saturated carbocycles. The molecule has 3 atom stereocenters. The normalized spacial score (nSPS) is 23.5. The van der Waals surface area contributed by atoms with Crippen molar-refractivity contribution in [1.82, 2.24) is 15.5 Å². The summed E-state index contributed by atoms with van der Waals surface area (Å²) < 4.78 is 15.5. The summed E-state index contributed by atoms with van der Waals surface area (Å²) in [6.07, 6.45) is -0.613. The Morgan fingerprint density at radius 3 is 2.56 bits per heavy atom. The summed E-state index contributed by atoms with van der Waals surface area (Å²) in [6.45, 7) is 0.300. The quantitative estimate of drug-likeness (QED) is 0.349. The molecule has 1 aromatic rings. The molecular formula is C22H28BCl2N3O8. The smallest absolute Gasteiger partial charge is 0.594 e. The Morgan fingerprint density at radius 2 is 1.92 bits per heavy atom. The Morgan fingerprint density at radius 1 is 1.22 bits per heavy atom. The van der Waals surface area contributed by atoms with Crippen molar-refractivity contribution in [2.75, 3.05) is 20.6 Å². The lowest BCUT2D eigenvalue weighted by atomic mass is 9.64. The maximum absolute atomic E-state index is 12.9. The zero-order valence-corrected chi connectivity index (χ0v) is 21.8. The number of amides is 3. The van der Waals surface area contributed by atoms with Crippen molar-refractivity contribution in [3.05, 3.63) is 33.8 Å². The Labute approximate surface area is 218 Å². The van der Waals surface area contributed by atoms with Crippen molar-refractivity contribution in [3.63, 3.8) is 0 Å². The molecule has 1 unspecified atom stereocenters. The van der Waals surface area contributed by atoms with Crippen molar-refractivity contribution < 1.29 is 37.9 Å². The van der Waals surface area contributed by atoms with E-state index in [4.69, 9.17) is 32.5 Å². The summed E-state index contributed by atoms with van der Waals surface area (Å²) in [5.41, 5.74) is -1.69. The fourth-order valence-corrected chi connectivity index (χ4v) is 4.55. The van der Waals surface area contributed by atoms with Crippen LogP contribution in [0.2, 0.25) is 10.0 Å². The van der Waals surface area contributed by atoms with Crippen molar-refractivity contribution >= 4 is 59.6 Å². The molecule has 196 valence electrons. The highest BCUT2D eigenvalue weighted by molar-refractivity contribution is 6.67. The lowest BCUT2D eigenvalue weighted by Crippen LogP contribution is -2.66. The molecule has 3 N–H and O–H groups in total. The van der Waals surface area contributed by atoms with E-state index in [1.54, 1.807) is 0 Å². The van der Waals surface area contributed by atoms with Crippen LogP contribution in [0.4, 0.5) is 0 Å². The predicted octanol–water partition coefficient (Wildman–Crippen LogP) is 0.981. The van der Waals surface area contributed by atoms with Gasteiger partial charge in [-0.05, 0) is 24.1 Å². The van der Waals surface area contributed by atoms with Gasteiger partial charge < -0.3 is 29.5 Å². The average Bonchev–Trinajstić information content (AvgIpc) is 2.98. The molecule has 2 aliphatic heterocycles. The fourth-order valence-electron chi connectivity index (χ4n) is 4.18. The molecule has 1 aromatic carbocycles. The number of benzene rings is 1. The molecular weight excluding hydrogens is 516 g/mol. The van der Waals surface area contributed by atoms with Gasteiger partial charge in [0.1, 0.15) is 0 Å². The van der Waals surface area contributed by atoms with Gasteiger partial charge in [-0.15, -0.1) is 0 Å². The molecule has 3 rings (SSSR count). The van der Waals surface area contributed by atoms with Crippen LogP contribution in [0.15, 0.2) is 18.2 Å². The van der Waals surface area contributed by atoms with E-state index in [9.17, 15) is 24.0 Å². The van der Waals surface area contributed by atoms with Gasteiger partial charge in [0, 0.05) is 29.9 Å². The maximum atomic E-state index is 12.9. The van der Waals surface area contributed by atoms with Crippen LogP contribution >= 0.6 is 23.2 Å². The van der Waals surface area contributed by atoms with E-state index >= 15 is 0 Å². The molecule has 2 heterocycles. The van der Waals surface area contributed by atoms with Gasteiger partial charge >= 0.3 is 12.7 Å². The third-order valence-electron chi connectivity index (χ3n) is 5.91. The first-order valence-corrected chi connectivity index (χ1v) is 12.1. The molecule has 2 bridgehead atoms. The van der Waals surface area contributed by atoms with Crippen LogP contribution in [0.1, 0.15) is 43.5 Å². The van der Waals surface area contributed by atoms with Gasteiger partial charge in [-0.3, -0.25) is 19.2 Å². The van der Waals surface area contributed by atoms with Crippen LogP contribution in [0.3, 0.4) is 0 Å². The number of halogens is 2. The topological polar surface area (TPSA) is 144 Å². The lowest BCUT2D eigenvalue weighted by molar-refractivity contribution is -0.160. The summed E-state index contributed by atoms with van der Waals surface area (Å²) in [6, 6.07) is 4.35. The Hall–Kier alpha value is -2.83. The highest BCUT2D eigenvalue weighted by atomic mass is 35.5. The second-order valence-electron chi connectivity index (χ2n) is 9.52. The average molecular weight is 544 g/mol. The molecule has 0 aromatic heterocycles. The summed E-state index contributed by atoms with van der Waals surface area (Å²) >= 11 is 11.9. The summed E-state index contributed by atoms with van der Waals surface area (Å²) in [4.78, 5) is 64.4. The minimum Gasteiger partial charge on any atom is -0.715 e. The molecule has 36 heavy (non-hydrogen) atoms. The molecule has 3 amide bonds. The first-order valence-electron chi connectivity index (χ1n) is 11.3. The number of carboxylic acids is 1. The number of carbonyl (C=O) groups excluding carboxylic acids is 4. The largest absolute Gasteiger partial charge is 0.715 e. The fraction of sp³-hybridized carbons (Fsp3) is 0.500. The van der Waals surface area contributed by atoms with E-state index in [1.807, 2.05) is 13.8 Å². The van der Waals surface area contributed by atoms with Crippen LogP contribution in [-0.2, 0) is 28.5 Å². The highest BCUT2D eigenvalue weighted by Crippen LogP contribution is 2.41. The van der Waals surface area contributed by atoms with Crippen LogP contribution in [0.5, 0.6) is 0 Å². The van der Waals surface area contributed by atoms with E-state index in [1.165, 1.54) is 37.2 Å². The predicted molar refractivity (Wildman–Crippen MR) is 131 cm³/mol. The van der Waals surface area contributed by atoms with E-state index in [0.29, 0.717) is 5.02 Å². The van der Waals surface area contributed by atoms with E-state index < -0.39 is 60.9 Å². The van der Waals surface area contributed by atoms with Crippen LogP contribution in [0.25, 0.3) is 0 Å². The zero-order valence-electron chi connectivity index (χ0n) is 20.3. The molecule has 0 aliphatic carbocycles. The second kappa shape index (κ2) is 10.7. The van der Waals surface area contributed by atoms with Crippen molar-refractivity contribution in [3.8, 4) is 0 Å². The van der Waals surface area contributed by atoms with Gasteiger partial charge in [0.05, 0.1) is 30.0 Å². The van der Waals surface area contributed by atoms with Crippen LogP contribution in [-0.4, -0.2) is 78.2 Å². The van der Waals surface area contributed by atoms with Crippen LogP contribution in [0, 0.1) is 5.92 Å². The Balaban J connectivity index is 1.77. The Kier molecular flexibility index (Phi) is 8.22. The number of carbonyl (C=O) groups is 5. The molecule has 14 heteroatoms. The first kappa shape index (κ1) is 27.8. The monoisotopic (exact) mass is 543 g/mol.